The third-order valence-electron chi connectivity index (χ3n) is 15.0. The molecular formula is C48H53BrF2N6O4. The van der Waals surface area contributed by atoms with Gasteiger partial charge < -0.3 is 14.7 Å². The SMILES string of the molecule is O=C(C1CCC(CN2CCC(c3ccc4c(c3)-n3c(nc(=O)c5c(Br)cccc53)C43CCCCC3)CC2)CC1)N1CCN(c2cc(F)c(N3C(=O)CCCC3=O)c(F)c2)CC1. The summed E-state index contributed by atoms with van der Waals surface area (Å²) in [5.74, 6) is -0.879. The minimum absolute atomic E-state index is 0.00606. The fourth-order valence-electron chi connectivity index (χ4n) is 11.8. The normalized spacial score (nSPS) is 23.5. The van der Waals surface area contributed by atoms with Crippen molar-refractivity contribution in [3.8, 4) is 5.69 Å². The Morgan fingerprint density at radius 1 is 0.787 bits per heavy atom. The number of carbonyl (C=O) groups is 3. The van der Waals surface area contributed by atoms with Crippen molar-refractivity contribution in [3.63, 3.8) is 0 Å². The number of piperazine rings is 1. The lowest BCUT2D eigenvalue weighted by molar-refractivity contribution is -0.137. The highest BCUT2D eigenvalue weighted by Crippen LogP contribution is 2.52. The molecule has 6 aliphatic rings. The predicted molar refractivity (Wildman–Crippen MR) is 234 cm³/mol. The van der Waals surface area contributed by atoms with Crippen LogP contribution in [0.15, 0.2) is 57.8 Å². The van der Waals surface area contributed by atoms with Crippen molar-refractivity contribution >= 4 is 55.9 Å². The maximum Gasteiger partial charge on any atom is 0.281 e. The Morgan fingerprint density at radius 2 is 1.48 bits per heavy atom. The molecule has 4 aromatic rings. The molecule has 61 heavy (non-hydrogen) atoms. The number of fused-ring (bicyclic) bond motifs is 7. The molecule has 3 amide bonds. The van der Waals surface area contributed by atoms with Crippen LogP contribution >= 0.6 is 15.9 Å². The van der Waals surface area contributed by atoms with Gasteiger partial charge in [-0.05, 0) is 140 Å². The second-order valence-electron chi connectivity index (χ2n) is 18.5. The number of halogens is 3. The molecule has 3 aromatic carbocycles. The summed E-state index contributed by atoms with van der Waals surface area (Å²) in [7, 11) is 0. The van der Waals surface area contributed by atoms with Gasteiger partial charge in [-0.2, -0.15) is 4.98 Å². The van der Waals surface area contributed by atoms with Gasteiger partial charge in [0.2, 0.25) is 17.7 Å². The number of hydrogen-bond donors (Lipinski definition) is 0. The van der Waals surface area contributed by atoms with Crippen molar-refractivity contribution in [3.05, 3.63) is 91.9 Å². The van der Waals surface area contributed by atoms with Crippen LogP contribution in [0.2, 0.25) is 0 Å². The summed E-state index contributed by atoms with van der Waals surface area (Å²) in [5.41, 5.74) is 4.22. The predicted octanol–water partition coefficient (Wildman–Crippen LogP) is 8.37. The van der Waals surface area contributed by atoms with E-state index >= 15 is 8.78 Å². The highest BCUT2D eigenvalue weighted by atomic mass is 79.9. The van der Waals surface area contributed by atoms with Gasteiger partial charge in [0.25, 0.3) is 5.56 Å². The van der Waals surface area contributed by atoms with E-state index in [4.69, 9.17) is 4.98 Å². The van der Waals surface area contributed by atoms with E-state index in [0.29, 0.717) is 60.4 Å². The summed E-state index contributed by atoms with van der Waals surface area (Å²) in [5, 5.41) is 0.645. The minimum atomic E-state index is -0.933. The molecule has 2 saturated carbocycles. The highest BCUT2D eigenvalue weighted by molar-refractivity contribution is 9.10. The minimum Gasteiger partial charge on any atom is -0.368 e. The van der Waals surface area contributed by atoms with E-state index in [2.05, 4.69) is 49.7 Å². The average molecular weight is 896 g/mol. The summed E-state index contributed by atoms with van der Waals surface area (Å²) in [6.07, 6.45) is 12.2. The maximum atomic E-state index is 15.2. The monoisotopic (exact) mass is 894 g/mol. The first-order chi connectivity index (χ1) is 29.6. The van der Waals surface area contributed by atoms with Gasteiger partial charge in [-0.3, -0.25) is 23.7 Å². The number of piperidine rings is 2. The second kappa shape index (κ2) is 16.3. The second-order valence-corrected chi connectivity index (χ2v) is 19.3. The number of nitrogens with zero attached hydrogens (tertiary/aromatic N) is 6. The van der Waals surface area contributed by atoms with Crippen LogP contribution < -0.4 is 15.4 Å². The Hall–Kier alpha value is -4.49. The molecule has 0 N–H and O–H groups in total. The molecule has 4 aliphatic heterocycles. The summed E-state index contributed by atoms with van der Waals surface area (Å²) in [6, 6.07) is 15.5. The molecule has 3 saturated heterocycles. The Labute approximate surface area is 363 Å². The van der Waals surface area contributed by atoms with Gasteiger partial charge in [0.15, 0.2) is 11.6 Å². The Balaban J connectivity index is 0.728. The van der Waals surface area contributed by atoms with Crippen molar-refractivity contribution in [2.75, 3.05) is 55.6 Å². The molecule has 0 atom stereocenters. The topological polar surface area (TPSA) is 99.1 Å². The molecule has 10 rings (SSSR count). The van der Waals surface area contributed by atoms with Gasteiger partial charge in [0.1, 0.15) is 11.5 Å². The van der Waals surface area contributed by atoms with Crippen LogP contribution in [0.1, 0.15) is 113 Å². The molecule has 5 heterocycles. The van der Waals surface area contributed by atoms with Crippen LogP contribution in [0.25, 0.3) is 16.6 Å². The molecule has 320 valence electrons. The fraction of sp³-hybridized carbons (Fsp3) is 0.521. The summed E-state index contributed by atoms with van der Waals surface area (Å²) < 4.78 is 33.5. The number of rotatable bonds is 6. The first-order valence-corrected chi connectivity index (χ1v) is 23.4. The van der Waals surface area contributed by atoms with Crippen LogP contribution in [0, 0.1) is 23.5 Å². The molecular weight excluding hydrogens is 842 g/mol. The van der Waals surface area contributed by atoms with Crippen LogP contribution in [0.5, 0.6) is 0 Å². The largest absolute Gasteiger partial charge is 0.368 e. The van der Waals surface area contributed by atoms with Gasteiger partial charge in [-0.1, -0.05) is 37.5 Å². The van der Waals surface area contributed by atoms with Gasteiger partial charge in [-0.15, -0.1) is 0 Å². The average Bonchev–Trinajstić information content (AvgIpc) is 3.52. The highest BCUT2D eigenvalue weighted by Gasteiger charge is 2.47. The number of anilines is 2. The van der Waals surface area contributed by atoms with E-state index in [-0.39, 0.29) is 35.6 Å². The molecule has 10 nitrogen and oxygen atoms in total. The van der Waals surface area contributed by atoms with Gasteiger partial charge >= 0.3 is 0 Å². The molecule has 0 radical (unpaired) electrons. The molecule has 5 fully saturated rings. The van der Waals surface area contributed by atoms with Gasteiger partial charge in [-0.25, -0.2) is 13.7 Å². The van der Waals surface area contributed by atoms with E-state index in [1.807, 2.05) is 21.9 Å². The van der Waals surface area contributed by atoms with E-state index in [0.717, 1.165) is 99.7 Å². The third kappa shape index (κ3) is 7.21. The van der Waals surface area contributed by atoms with Crippen molar-refractivity contribution in [2.24, 2.45) is 11.8 Å². The molecule has 1 aromatic heterocycles. The van der Waals surface area contributed by atoms with Crippen molar-refractivity contribution < 1.29 is 23.2 Å². The summed E-state index contributed by atoms with van der Waals surface area (Å²) in [4.78, 5) is 63.6. The zero-order chi connectivity index (χ0) is 42.0. The maximum absolute atomic E-state index is 15.2. The number of benzene rings is 3. The molecule has 1 spiro atoms. The van der Waals surface area contributed by atoms with Crippen molar-refractivity contribution in [2.45, 2.75) is 101 Å². The third-order valence-corrected chi connectivity index (χ3v) is 15.7. The standard InChI is InChI=1S/C48H53BrF2N6O4/c49-36-6-4-7-39-43(36)45(60)52-47-48(18-2-1-3-19-48)35-15-14-33(26-40(35)56(39)47)31-16-20-53(21-17-31)29-30-10-12-32(13-11-30)46(61)55-24-22-54(23-25-55)34-27-37(50)44(38(51)28-34)57-41(58)8-5-9-42(57)59/h4,6-7,14-15,26-28,30-32H,1-3,5,8-13,16-25,29H2. The lowest BCUT2D eigenvalue weighted by Gasteiger charge is -2.40. The number of carbonyl (C=O) groups excluding carboxylic acids is 3. The Bertz CT molecular complexity index is 2420. The van der Waals surface area contributed by atoms with Crippen LogP contribution in [0.4, 0.5) is 20.2 Å². The Kier molecular flexibility index (Phi) is 10.9. The van der Waals surface area contributed by atoms with E-state index in [9.17, 15) is 19.2 Å². The quantitative estimate of drug-likeness (QED) is 0.180. The lowest BCUT2D eigenvalue weighted by Crippen LogP contribution is -2.51. The van der Waals surface area contributed by atoms with Crippen LogP contribution in [-0.4, -0.2) is 82.9 Å². The number of amides is 3. The van der Waals surface area contributed by atoms with Gasteiger partial charge in [0.05, 0.1) is 22.0 Å². The first kappa shape index (κ1) is 40.6. The van der Waals surface area contributed by atoms with E-state index in [1.54, 1.807) is 0 Å². The molecule has 0 bridgehead atoms. The number of aromatic nitrogens is 2. The smallest absolute Gasteiger partial charge is 0.281 e. The fourth-order valence-corrected chi connectivity index (χ4v) is 12.3. The zero-order valence-electron chi connectivity index (χ0n) is 34.7. The lowest BCUT2D eigenvalue weighted by atomic mass is 9.69. The van der Waals surface area contributed by atoms with Gasteiger partial charge in [0, 0.05) is 61.6 Å². The number of hydrogen-bond acceptors (Lipinski definition) is 7. The van der Waals surface area contributed by atoms with E-state index < -0.39 is 29.1 Å². The molecule has 2 aliphatic carbocycles. The number of imide groups is 1. The van der Waals surface area contributed by atoms with Crippen LogP contribution in [-0.2, 0) is 19.8 Å². The zero-order valence-corrected chi connectivity index (χ0v) is 36.2. The summed E-state index contributed by atoms with van der Waals surface area (Å²) in [6.45, 7) is 5.03. The Morgan fingerprint density at radius 3 is 2.16 bits per heavy atom. The van der Waals surface area contributed by atoms with Crippen molar-refractivity contribution in [1.82, 2.24) is 19.4 Å². The molecule has 0 unspecified atom stereocenters. The van der Waals surface area contributed by atoms with Crippen LogP contribution in [0.3, 0.4) is 0 Å². The van der Waals surface area contributed by atoms with Crippen molar-refractivity contribution in [1.29, 1.82) is 0 Å². The number of likely N-dealkylation sites (tertiary alicyclic amines) is 1. The summed E-state index contributed by atoms with van der Waals surface area (Å²) >= 11 is 3.64. The van der Waals surface area contributed by atoms with E-state index in [1.165, 1.54) is 35.4 Å². The molecule has 13 heteroatoms. The first-order valence-electron chi connectivity index (χ1n) is 22.6.